The molecule has 2 rings (SSSR count). The van der Waals surface area contributed by atoms with E-state index < -0.39 is 57.6 Å². The molecule has 0 bridgehead atoms. The van der Waals surface area contributed by atoms with Gasteiger partial charge in [0.25, 0.3) is 0 Å². The summed E-state index contributed by atoms with van der Waals surface area (Å²) < 4.78 is 61.4. The number of alkyl halides is 3. The second-order valence-electron chi connectivity index (χ2n) is 6.28. The van der Waals surface area contributed by atoms with Crippen LogP contribution in [-0.2, 0) is 19.4 Å². The lowest BCUT2D eigenvalue weighted by atomic mass is 9.96. The van der Waals surface area contributed by atoms with Crippen LogP contribution in [0.4, 0.5) is 13.2 Å². The molecule has 1 amide bonds. The standard InChI is InChI=1S/C13H18F3NO5S/c1-23(21,22)12(4-2-3-5-12)11(20)17-6-8(10(18)19)9(7-17)13(14,15)16/h8-9H,2-7H2,1H3,(H,18,19)/t8-,9-/m1/s1. The van der Waals surface area contributed by atoms with Crippen molar-refractivity contribution in [3.63, 3.8) is 0 Å². The maximum atomic E-state index is 13.0. The van der Waals surface area contributed by atoms with Gasteiger partial charge in [-0.3, -0.25) is 9.59 Å². The second-order valence-corrected chi connectivity index (χ2v) is 8.60. The molecule has 1 aliphatic carbocycles. The summed E-state index contributed by atoms with van der Waals surface area (Å²) >= 11 is 0. The minimum atomic E-state index is -4.76. The molecule has 0 aromatic carbocycles. The number of nitrogens with zero attached hydrogens (tertiary/aromatic N) is 1. The number of carboxylic acids is 1. The number of carboxylic acid groups (broad SMARTS) is 1. The molecular formula is C13H18F3NO5S. The Balaban J connectivity index is 2.32. The maximum absolute atomic E-state index is 13.0. The van der Waals surface area contributed by atoms with Gasteiger partial charge in [0.2, 0.25) is 5.91 Å². The molecular weight excluding hydrogens is 339 g/mol. The van der Waals surface area contributed by atoms with E-state index in [4.69, 9.17) is 5.11 Å². The van der Waals surface area contributed by atoms with Crippen molar-refractivity contribution >= 4 is 21.7 Å². The average molecular weight is 357 g/mol. The zero-order valence-electron chi connectivity index (χ0n) is 12.5. The van der Waals surface area contributed by atoms with Gasteiger partial charge in [-0.1, -0.05) is 12.8 Å². The van der Waals surface area contributed by atoms with E-state index in [-0.39, 0.29) is 12.8 Å². The molecule has 10 heteroatoms. The van der Waals surface area contributed by atoms with Crippen molar-refractivity contribution in [1.29, 1.82) is 0 Å². The van der Waals surface area contributed by atoms with Crippen LogP contribution in [0.5, 0.6) is 0 Å². The fourth-order valence-corrected chi connectivity index (χ4v) is 5.01. The molecule has 0 unspecified atom stereocenters. The predicted octanol–water partition coefficient (Wildman–Crippen LogP) is 1.07. The molecule has 0 spiro atoms. The summed E-state index contributed by atoms with van der Waals surface area (Å²) in [6.07, 6.45) is -2.73. The number of aliphatic carboxylic acids is 1. The van der Waals surface area contributed by atoms with Crippen molar-refractivity contribution in [1.82, 2.24) is 4.90 Å². The maximum Gasteiger partial charge on any atom is 0.394 e. The number of hydrogen-bond acceptors (Lipinski definition) is 4. The third kappa shape index (κ3) is 3.05. The van der Waals surface area contributed by atoms with E-state index in [2.05, 4.69) is 0 Å². The van der Waals surface area contributed by atoms with E-state index in [0.717, 1.165) is 11.2 Å². The van der Waals surface area contributed by atoms with Gasteiger partial charge in [-0.05, 0) is 12.8 Å². The monoisotopic (exact) mass is 357 g/mol. The molecule has 23 heavy (non-hydrogen) atoms. The van der Waals surface area contributed by atoms with Gasteiger partial charge in [0.1, 0.15) is 0 Å². The Labute approximate surface area is 131 Å². The van der Waals surface area contributed by atoms with E-state index in [9.17, 15) is 31.2 Å². The predicted molar refractivity (Wildman–Crippen MR) is 73.3 cm³/mol. The van der Waals surface area contributed by atoms with Crippen molar-refractivity contribution in [2.75, 3.05) is 19.3 Å². The first kappa shape index (κ1) is 18.0. The third-order valence-corrected chi connectivity index (χ3v) is 6.86. The van der Waals surface area contributed by atoms with Gasteiger partial charge in [-0.15, -0.1) is 0 Å². The third-order valence-electron chi connectivity index (χ3n) is 4.86. The number of sulfone groups is 1. The van der Waals surface area contributed by atoms with Crippen LogP contribution in [0.15, 0.2) is 0 Å². The number of halogens is 3. The molecule has 1 saturated heterocycles. The van der Waals surface area contributed by atoms with Gasteiger partial charge < -0.3 is 10.0 Å². The number of rotatable bonds is 3. The fourth-order valence-electron chi connectivity index (χ4n) is 3.53. The number of likely N-dealkylation sites (tertiary alicyclic amines) is 1. The SMILES string of the molecule is CS(=O)(=O)C1(C(=O)N2C[C@@H](C(F)(F)F)[C@H](C(=O)O)C2)CCCC1. The number of amides is 1. The van der Waals surface area contributed by atoms with Crippen LogP contribution in [-0.4, -0.2) is 60.6 Å². The Morgan fingerprint density at radius 2 is 1.70 bits per heavy atom. The Bertz CT molecular complexity index is 610. The lowest BCUT2D eigenvalue weighted by molar-refractivity contribution is -0.188. The molecule has 1 N–H and O–H groups in total. The average Bonchev–Trinajstić information content (AvgIpc) is 3.04. The molecule has 132 valence electrons. The molecule has 6 nitrogen and oxygen atoms in total. The van der Waals surface area contributed by atoms with Gasteiger partial charge >= 0.3 is 12.1 Å². The quantitative estimate of drug-likeness (QED) is 0.816. The second kappa shape index (κ2) is 5.64. The van der Waals surface area contributed by atoms with Crippen molar-refractivity contribution in [3.8, 4) is 0 Å². The van der Waals surface area contributed by atoms with Gasteiger partial charge in [-0.25, -0.2) is 8.42 Å². The highest BCUT2D eigenvalue weighted by atomic mass is 32.2. The molecule has 2 fully saturated rings. The zero-order valence-corrected chi connectivity index (χ0v) is 13.3. The van der Waals surface area contributed by atoms with E-state index >= 15 is 0 Å². The smallest absolute Gasteiger partial charge is 0.394 e. The number of hydrogen-bond donors (Lipinski definition) is 1. The van der Waals surface area contributed by atoms with Crippen LogP contribution in [0.1, 0.15) is 25.7 Å². The summed E-state index contributed by atoms with van der Waals surface area (Å²) in [4.78, 5) is 24.5. The minimum absolute atomic E-state index is 0.0651. The van der Waals surface area contributed by atoms with Crippen molar-refractivity contribution < 1.29 is 36.3 Å². The molecule has 1 saturated carbocycles. The Morgan fingerprint density at radius 1 is 1.17 bits per heavy atom. The largest absolute Gasteiger partial charge is 0.481 e. The molecule has 1 aliphatic heterocycles. The Morgan fingerprint density at radius 3 is 2.04 bits per heavy atom. The van der Waals surface area contributed by atoms with Crippen LogP contribution in [0.25, 0.3) is 0 Å². The van der Waals surface area contributed by atoms with Gasteiger partial charge in [0.15, 0.2) is 14.6 Å². The molecule has 0 radical (unpaired) electrons. The van der Waals surface area contributed by atoms with Crippen molar-refractivity contribution in [2.45, 2.75) is 36.6 Å². The lowest BCUT2D eigenvalue weighted by Gasteiger charge is -2.30. The summed E-state index contributed by atoms with van der Waals surface area (Å²) in [7, 11) is -3.81. The van der Waals surface area contributed by atoms with Crippen molar-refractivity contribution in [2.24, 2.45) is 11.8 Å². The van der Waals surface area contributed by atoms with E-state index in [1.54, 1.807) is 0 Å². The first-order valence-corrected chi connectivity index (χ1v) is 9.08. The van der Waals surface area contributed by atoms with Crippen LogP contribution >= 0.6 is 0 Å². The number of carbonyl (C=O) groups is 2. The minimum Gasteiger partial charge on any atom is -0.481 e. The summed E-state index contributed by atoms with van der Waals surface area (Å²) in [5.74, 6) is -6.48. The summed E-state index contributed by atoms with van der Waals surface area (Å²) in [6.45, 7) is -1.42. The molecule has 2 aliphatic rings. The van der Waals surface area contributed by atoms with Crippen LogP contribution in [0, 0.1) is 11.8 Å². The fraction of sp³-hybridized carbons (Fsp3) is 0.846. The zero-order chi connectivity index (χ0) is 17.6. The number of carbonyl (C=O) groups excluding carboxylic acids is 1. The first-order chi connectivity index (χ1) is 10.4. The van der Waals surface area contributed by atoms with Crippen LogP contribution in [0.2, 0.25) is 0 Å². The normalized spacial score (nSPS) is 28.1. The Kier molecular flexibility index (Phi) is 4.42. The topological polar surface area (TPSA) is 91.8 Å². The van der Waals surface area contributed by atoms with Crippen molar-refractivity contribution in [3.05, 3.63) is 0 Å². The van der Waals surface area contributed by atoms with Gasteiger partial charge in [0.05, 0.1) is 11.8 Å². The summed E-state index contributed by atoms with van der Waals surface area (Å²) in [6, 6.07) is 0. The highest BCUT2D eigenvalue weighted by molar-refractivity contribution is 7.92. The van der Waals surface area contributed by atoms with Crippen LogP contribution < -0.4 is 0 Å². The molecule has 1 heterocycles. The van der Waals surface area contributed by atoms with Crippen LogP contribution in [0.3, 0.4) is 0 Å². The van der Waals surface area contributed by atoms with Gasteiger partial charge in [0, 0.05) is 19.3 Å². The van der Waals surface area contributed by atoms with E-state index in [1.807, 2.05) is 0 Å². The Hall–Kier alpha value is -1.32. The summed E-state index contributed by atoms with van der Waals surface area (Å²) in [5.41, 5.74) is 0. The molecule has 2 atom stereocenters. The van der Waals surface area contributed by atoms with E-state index in [0.29, 0.717) is 12.8 Å². The highest BCUT2D eigenvalue weighted by Crippen LogP contribution is 2.42. The summed E-state index contributed by atoms with van der Waals surface area (Å²) in [5, 5.41) is 8.98. The van der Waals surface area contributed by atoms with E-state index in [1.165, 1.54) is 0 Å². The molecule has 0 aromatic heterocycles. The van der Waals surface area contributed by atoms with Gasteiger partial charge in [-0.2, -0.15) is 13.2 Å². The highest BCUT2D eigenvalue weighted by Gasteiger charge is 2.58. The lowest BCUT2D eigenvalue weighted by Crippen LogP contribution is -2.51. The first-order valence-electron chi connectivity index (χ1n) is 7.18. The molecule has 0 aromatic rings.